The van der Waals surface area contributed by atoms with Crippen molar-refractivity contribution in [2.45, 2.75) is 19.3 Å². The number of hydrogen-bond donors (Lipinski definition) is 0. The van der Waals surface area contributed by atoms with Gasteiger partial charge < -0.3 is 4.90 Å². The minimum atomic E-state index is 0.504. The quantitative estimate of drug-likeness (QED) is 0.763. The second-order valence-corrected chi connectivity index (χ2v) is 5.01. The van der Waals surface area contributed by atoms with Crippen LogP contribution in [0.15, 0.2) is 35.8 Å². The van der Waals surface area contributed by atoms with Crippen LogP contribution in [0, 0.1) is 0 Å². The summed E-state index contributed by atoms with van der Waals surface area (Å²) in [6.45, 7) is 3.97. The van der Waals surface area contributed by atoms with E-state index in [1.165, 1.54) is 4.88 Å². The van der Waals surface area contributed by atoms with Gasteiger partial charge in [0.1, 0.15) is 5.82 Å². The van der Waals surface area contributed by atoms with Crippen molar-refractivity contribution in [1.29, 1.82) is 0 Å². The fourth-order valence-corrected chi connectivity index (χ4v) is 2.67. The largest absolute Gasteiger partial charge is 0.351 e. The third kappa shape index (κ3) is 2.99. The standard InChI is InChI=1S/C13H15ClN2S/c1-2-16(10-12-6-4-8-17-12)13-11(9-14)5-3-7-15-13/h3-8H,2,9-10H2,1H3. The van der Waals surface area contributed by atoms with E-state index in [9.17, 15) is 0 Å². The Morgan fingerprint density at radius 1 is 1.35 bits per heavy atom. The molecule has 2 heterocycles. The molecule has 2 nitrogen and oxygen atoms in total. The Morgan fingerprint density at radius 3 is 2.88 bits per heavy atom. The molecule has 90 valence electrons. The maximum Gasteiger partial charge on any atom is 0.133 e. The van der Waals surface area contributed by atoms with Gasteiger partial charge in [-0.05, 0) is 24.4 Å². The highest BCUT2D eigenvalue weighted by atomic mass is 35.5. The highest BCUT2D eigenvalue weighted by Gasteiger charge is 2.11. The number of rotatable bonds is 5. The molecule has 0 aromatic carbocycles. The van der Waals surface area contributed by atoms with E-state index >= 15 is 0 Å². The van der Waals surface area contributed by atoms with Crippen LogP contribution in [-0.4, -0.2) is 11.5 Å². The van der Waals surface area contributed by atoms with Gasteiger partial charge in [0, 0.05) is 23.2 Å². The number of anilines is 1. The number of aromatic nitrogens is 1. The maximum atomic E-state index is 5.95. The summed E-state index contributed by atoms with van der Waals surface area (Å²) in [5.41, 5.74) is 1.09. The third-order valence-electron chi connectivity index (χ3n) is 2.62. The zero-order valence-corrected chi connectivity index (χ0v) is 11.3. The number of alkyl halides is 1. The summed E-state index contributed by atoms with van der Waals surface area (Å²) in [5.74, 6) is 1.50. The molecule has 0 unspecified atom stereocenters. The van der Waals surface area contributed by atoms with E-state index in [0.717, 1.165) is 24.5 Å². The fourth-order valence-electron chi connectivity index (χ4n) is 1.75. The minimum Gasteiger partial charge on any atom is -0.351 e. The van der Waals surface area contributed by atoms with Gasteiger partial charge in [-0.2, -0.15) is 0 Å². The molecule has 2 aromatic rings. The first kappa shape index (κ1) is 12.4. The Balaban J connectivity index is 2.22. The summed E-state index contributed by atoms with van der Waals surface area (Å²) in [6.07, 6.45) is 1.82. The van der Waals surface area contributed by atoms with Crippen molar-refractivity contribution >= 4 is 28.8 Å². The van der Waals surface area contributed by atoms with Gasteiger partial charge in [0.25, 0.3) is 0 Å². The van der Waals surface area contributed by atoms with E-state index in [2.05, 4.69) is 34.3 Å². The highest BCUT2D eigenvalue weighted by Crippen LogP contribution is 2.22. The molecular formula is C13H15ClN2S. The van der Waals surface area contributed by atoms with Crippen LogP contribution >= 0.6 is 22.9 Å². The molecule has 0 bridgehead atoms. The van der Waals surface area contributed by atoms with Crippen LogP contribution in [0.2, 0.25) is 0 Å². The summed E-state index contributed by atoms with van der Waals surface area (Å²) in [7, 11) is 0. The number of hydrogen-bond acceptors (Lipinski definition) is 3. The second-order valence-electron chi connectivity index (χ2n) is 3.71. The molecule has 4 heteroatoms. The van der Waals surface area contributed by atoms with E-state index in [4.69, 9.17) is 11.6 Å². The number of pyridine rings is 1. The first-order valence-corrected chi connectivity index (χ1v) is 7.03. The van der Waals surface area contributed by atoms with Gasteiger partial charge in [-0.1, -0.05) is 12.1 Å². The lowest BCUT2D eigenvalue weighted by atomic mass is 10.2. The molecule has 2 rings (SSSR count). The predicted molar refractivity (Wildman–Crippen MR) is 74.8 cm³/mol. The lowest BCUT2D eigenvalue weighted by Gasteiger charge is -2.23. The lowest BCUT2D eigenvalue weighted by Crippen LogP contribution is -2.23. The monoisotopic (exact) mass is 266 g/mol. The molecule has 0 aliphatic carbocycles. The molecular weight excluding hydrogens is 252 g/mol. The second kappa shape index (κ2) is 6.03. The van der Waals surface area contributed by atoms with Gasteiger partial charge in [0.15, 0.2) is 0 Å². The lowest BCUT2D eigenvalue weighted by molar-refractivity contribution is 0.817. The molecule has 0 radical (unpaired) electrons. The van der Waals surface area contributed by atoms with E-state index in [-0.39, 0.29) is 0 Å². The van der Waals surface area contributed by atoms with Crippen LogP contribution in [0.3, 0.4) is 0 Å². The first-order chi connectivity index (χ1) is 8.35. The van der Waals surface area contributed by atoms with Gasteiger partial charge in [-0.15, -0.1) is 22.9 Å². The Bertz CT molecular complexity index is 456. The van der Waals surface area contributed by atoms with Crippen molar-refractivity contribution in [1.82, 2.24) is 4.98 Å². The van der Waals surface area contributed by atoms with Crippen molar-refractivity contribution in [3.8, 4) is 0 Å². The molecule has 0 fully saturated rings. The minimum absolute atomic E-state index is 0.504. The van der Waals surface area contributed by atoms with E-state index in [0.29, 0.717) is 5.88 Å². The molecule has 17 heavy (non-hydrogen) atoms. The number of nitrogens with zero attached hydrogens (tertiary/aromatic N) is 2. The zero-order chi connectivity index (χ0) is 12.1. The molecule has 0 spiro atoms. The van der Waals surface area contributed by atoms with Crippen molar-refractivity contribution in [3.63, 3.8) is 0 Å². The average Bonchev–Trinajstić information content (AvgIpc) is 2.89. The third-order valence-corrected chi connectivity index (χ3v) is 3.77. The van der Waals surface area contributed by atoms with Crippen LogP contribution in [0.5, 0.6) is 0 Å². The summed E-state index contributed by atoms with van der Waals surface area (Å²) in [5, 5.41) is 2.10. The molecule has 0 saturated carbocycles. The zero-order valence-electron chi connectivity index (χ0n) is 9.77. The molecule has 2 aromatic heterocycles. The van der Waals surface area contributed by atoms with E-state index in [1.54, 1.807) is 11.3 Å². The van der Waals surface area contributed by atoms with Gasteiger partial charge in [0.05, 0.1) is 12.4 Å². The smallest absolute Gasteiger partial charge is 0.133 e. The van der Waals surface area contributed by atoms with Gasteiger partial charge in [-0.3, -0.25) is 0 Å². The topological polar surface area (TPSA) is 16.1 Å². The fraction of sp³-hybridized carbons (Fsp3) is 0.308. The van der Waals surface area contributed by atoms with Crippen molar-refractivity contribution < 1.29 is 0 Å². The summed E-state index contributed by atoms with van der Waals surface area (Å²) in [6, 6.07) is 8.19. The Hall–Kier alpha value is -1.06. The van der Waals surface area contributed by atoms with Crippen LogP contribution in [-0.2, 0) is 12.4 Å². The highest BCUT2D eigenvalue weighted by molar-refractivity contribution is 7.09. The first-order valence-electron chi connectivity index (χ1n) is 5.62. The summed E-state index contributed by atoms with van der Waals surface area (Å²) < 4.78 is 0. The SMILES string of the molecule is CCN(Cc1cccs1)c1ncccc1CCl. The normalized spacial score (nSPS) is 10.5. The van der Waals surface area contributed by atoms with Crippen molar-refractivity contribution in [3.05, 3.63) is 46.3 Å². The van der Waals surface area contributed by atoms with E-state index in [1.807, 2.05) is 18.3 Å². The van der Waals surface area contributed by atoms with E-state index < -0.39 is 0 Å². The molecule has 0 aliphatic heterocycles. The van der Waals surface area contributed by atoms with Crippen molar-refractivity contribution in [2.24, 2.45) is 0 Å². The molecule has 0 N–H and O–H groups in total. The van der Waals surface area contributed by atoms with Crippen LogP contribution in [0.25, 0.3) is 0 Å². The average molecular weight is 267 g/mol. The van der Waals surface area contributed by atoms with Crippen LogP contribution in [0.1, 0.15) is 17.4 Å². The van der Waals surface area contributed by atoms with Gasteiger partial charge >= 0.3 is 0 Å². The number of halogens is 1. The van der Waals surface area contributed by atoms with Gasteiger partial charge in [-0.25, -0.2) is 4.98 Å². The molecule has 0 atom stereocenters. The summed E-state index contributed by atoms with van der Waals surface area (Å²) >= 11 is 7.72. The Morgan fingerprint density at radius 2 is 2.24 bits per heavy atom. The maximum absolute atomic E-state index is 5.95. The van der Waals surface area contributed by atoms with Crippen molar-refractivity contribution in [2.75, 3.05) is 11.4 Å². The molecule has 0 saturated heterocycles. The van der Waals surface area contributed by atoms with Crippen LogP contribution < -0.4 is 4.90 Å². The molecule has 0 aliphatic rings. The summed E-state index contributed by atoms with van der Waals surface area (Å²) in [4.78, 5) is 8.05. The van der Waals surface area contributed by atoms with Crippen LogP contribution in [0.4, 0.5) is 5.82 Å². The molecule has 0 amide bonds. The van der Waals surface area contributed by atoms with Gasteiger partial charge in [0.2, 0.25) is 0 Å². The predicted octanol–water partition coefficient (Wildman–Crippen LogP) is 3.91. The number of thiophene rings is 1. The Labute approximate surface area is 111 Å². The Kier molecular flexibility index (Phi) is 4.40.